The molecule has 7 nitrogen and oxygen atoms in total. The van der Waals surface area contributed by atoms with Gasteiger partial charge in [-0.15, -0.1) is 11.3 Å². The highest BCUT2D eigenvalue weighted by molar-refractivity contribution is 7.21. The first-order valence-electron chi connectivity index (χ1n) is 6.74. The summed E-state index contributed by atoms with van der Waals surface area (Å²) in [5.74, 6) is -0.358. The van der Waals surface area contributed by atoms with E-state index in [2.05, 4.69) is 10.3 Å². The molecule has 3 aromatic rings. The highest BCUT2D eigenvalue weighted by atomic mass is 32.1. The molecule has 0 aliphatic rings. The van der Waals surface area contributed by atoms with E-state index in [0.29, 0.717) is 21.5 Å². The molecule has 2 heterocycles. The Bertz CT molecular complexity index is 1060. The number of amides is 1. The Morgan fingerprint density at radius 2 is 1.88 bits per heavy atom. The van der Waals surface area contributed by atoms with Crippen LogP contribution in [-0.2, 0) is 0 Å². The minimum Gasteiger partial charge on any atom is -0.397 e. The molecule has 3 rings (SSSR count). The van der Waals surface area contributed by atoms with Gasteiger partial charge in [0, 0.05) is 5.39 Å². The highest BCUT2D eigenvalue weighted by Gasteiger charge is 2.19. The number of anilines is 3. The van der Waals surface area contributed by atoms with E-state index in [1.807, 2.05) is 12.1 Å². The molecule has 0 saturated carbocycles. The van der Waals surface area contributed by atoms with Crippen molar-refractivity contribution in [1.29, 1.82) is 10.5 Å². The van der Waals surface area contributed by atoms with Gasteiger partial charge in [0.05, 0.1) is 22.5 Å². The van der Waals surface area contributed by atoms with E-state index in [9.17, 15) is 4.79 Å². The zero-order chi connectivity index (χ0) is 17.3. The van der Waals surface area contributed by atoms with E-state index in [4.69, 9.17) is 22.0 Å². The maximum absolute atomic E-state index is 12.5. The number of nitrogens with zero attached hydrogens (tertiary/aromatic N) is 3. The molecule has 24 heavy (non-hydrogen) atoms. The molecule has 0 unspecified atom stereocenters. The molecule has 2 aromatic heterocycles. The first kappa shape index (κ1) is 15.3. The molecule has 0 spiro atoms. The number of carbonyl (C=O) groups excluding carboxylic acids is 1. The van der Waals surface area contributed by atoms with Crippen LogP contribution in [0.2, 0.25) is 0 Å². The van der Waals surface area contributed by atoms with Gasteiger partial charge in [0.1, 0.15) is 27.7 Å². The second-order valence-electron chi connectivity index (χ2n) is 4.84. The maximum atomic E-state index is 12.5. The fourth-order valence-electron chi connectivity index (χ4n) is 2.18. The molecule has 0 aliphatic carbocycles. The molecule has 5 N–H and O–H groups in total. The van der Waals surface area contributed by atoms with Gasteiger partial charge in [0.15, 0.2) is 0 Å². The summed E-state index contributed by atoms with van der Waals surface area (Å²) in [4.78, 5) is 17.3. The summed E-state index contributed by atoms with van der Waals surface area (Å²) in [6.07, 6.45) is 0. The Morgan fingerprint density at radius 3 is 2.58 bits per heavy atom. The quantitative estimate of drug-likeness (QED) is 0.657. The number of nitrogen functional groups attached to an aromatic ring is 2. The van der Waals surface area contributed by atoms with Gasteiger partial charge < -0.3 is 16.8 Å². The maximum Gasteiger partial charge on any atom is 0.267 e. The SMILES string of the molecule is N#Cc1ccccc1NC(=O)c1sc2nc(N)c(C#N)cc2c1N. The number of fused-ring (bicyclic) bond motifs is 1. The number of benzene rings is 1. The van der Waals surface area contributed by atoms with Gasteiger partial charge in [-0.25, -0.2) is 4.98 Å². The molecule has 1 amide bonds. The lowest BCUT2D eigenvalue weighted by Gasteiger charge is -2.05. The van der Waals surface area contributed by atoms with Crippen molar-refractivity contribution in [2.24, 2.45) is 0 Å². The van der Waals surface area contributed by atoms with Crippen LogP contribution >= 0.6 is 11.3 Å². The average Bonchev–Trinajstić information content (AvgIpc) is 2.90. The predicted molar refractivity (Wildman–Crippen MR) is 92.3 cm³/mol. The van der Waals surface area contributed by atoms with Gasteiger partial charge in [-0.2, -0.15) is 10.5 Å². The number of pyridine rings is 1. The molecule has 0 fully saturated rings. The number of carbonyl (C=O) groups is 1. The fraction of sp³-hybridized carbons (Fsp3) is 0. The minimum atomic E-state index is -0.449. The van der Waals surface area contributed by atoms with Crippen molar-refractivity contribution in [3.63, 3.8) is 0 Å². The molecule has 116 valence electrons. The van der Waals surface area contributed by atoms with E-state index in [1.54, 1.807) is 24.3 Å². The van der Waals surface area contributed by atoms with Crippen molar-refractivity contribution < 1.29 is 4.79 Å². The van der Waals surface area contributed by atoms with Gasteiger partial charge in [-0.05, 0) is 18.2 Å². The molecule has 0 radical (unpaired) electrons. The third kappa shape index (κ3) is 2.47. The zero-order valence-corrected chi connectivity index (χ0v) is 13.0. The summed E-state index contributed by atoms with van der Waals surface area (Å²) >= 11 is 1.08. The van der Waals surface area contributed by atoms with Crippen LogP contribution < -0.4 is 16.8 Å². The number of aromatic nitrogens is 1. The number of rotatable bonds is 2. The summed E-state index contributed by atoms with van der Waals surface area (Å²) < 4.78 is 0. The smallest absolute Gasteiger partial charge is 0.267 e. The Hall–Kier alpha value is -3.62. The molecular weight excluding hydrogens is 324 g/mol. The molecule has 8 heteroatoms. The molecule has 0 saturated heterocycles. The number of thiophene rings is 1. The van der Waals surface area contributed by atoms with Crippen LogP contribution in [0.3, 0.4) is 0 Å². The number of nitrogens with one attached hydrogen (secondary N) is 1. The lowest BCUT2D eigenvalue weighted by atomic mass is 10.2. The number of nitrogens with two attached hydrogens (primary N) is 2. The van der Waals surface area contributed by atoms with Crippen LogP contribution in [0.25, 0.3) is 10.2 Å². The van der Waals surface area contributed by atoms with Crippen LogP contribution in [0.4, 0.5) is 17.2 Å². The number of hydrogen-bond acceptors (Lipinski definition) is 7. The molecular formula is C16H10N6OS. The Labute approximate surface area is 140 Å². The topological polar surface area (TPSA) is 142 Å². The fourth-order valence-corrected chi connectivity index (χ4v) is 3.16. The Morgan fingerprint density at radius 1 is 1.17 bits per heavy atom. The van der Waals surface area contributed by atoms with Crippen LogP contribution in [-0.4, -0.2) is 10.9 Å². The number of para-hydroxylation sites is 1. The van der Waals surface area contributed by atoms with Gasteiger partial charge >= 0.3 is 0 Å². The Kier molecular flexibility index (Phi) is 3.74. The third-order valence-corrected chi connectivity index (χ3v) is 4.49. The van der Waals surface area contributed by atoms with Gasteiger partial charge in [-0.3, -0.25) is 4.79 Å². The highest BCUT2D eigenvalue weighted by Crippen LogP contribution is 2.34. The summed E-state index contributed by atoms with van der Waals surface area (Å²) in [5, 5.41) is 21.3. The van der Waals surface area contributed by atoms with E-state index < -0.39 is 5.91 Å². The first-order chi connectivity index (χ1) is 11.5. The van der Waals surface area contributed by atoms with Crippen molar-refractivity contribution >= 4 is 44.7 Å². The lowest BCUT2D eigenvalue weighted by molar-refractivity contribution is 0.103. The molecule has 0 aliphatic heterocycles. The van der Waals surface area contributed by atoms with Crippen LogP contribution in [0, 0.1) is 22.7 Å². The second-order valence-corrected chi connectivity index (χ2v) is 5.84. The van der Waals surface area contributed by atoms with Gasteiger partial charge in [0.25, 0.3) is 5.91 Å². The molecule has 0 atom stereocenters. The summed E-state index contributed by atoms with van der Waals surface area (Å²) in [6.45, 7) is 0. The van der Waals surface area contributed by atoms with Crippen molar-refractivity contribution in [1.82, 2.24) is 4.98 Å². The number of hydrogen-bond donors (Lipinski definition) is 3. The van der Waals surface area contributed by atoms with Crippen molar-refractivity contribution in [2.45, 2.75) is 0 Å². The third-order valence-electron chi connectivity index (χ3n) is 3.37. The van der Waals surface area contributed by atoms with Crippen molar-refractivity contribution in [3.05, 3.63) is 46.3 Å². The zero-order valence-electron chi connectivity index (χ0n) is 12.2. The van der Waals surface area contributed by atoms with E-state index in [-0.39, 0.29) is 21.9 Å². The van der Waals surface area contributed by atoms with Gasteiger partial charge in [-0.1, -0.05) is 12.1 Å². The summed E-state index contributed by atoms with van der Waals surface area (Å²) in [7, 11) is 0. The predicted octanol–water partition coefficient (Wildman–Crippen LogP) is 2.46. The van der Waals surface area contributed by atoms with Crippen LogP contribution in [0.1, 0.15) is 20.8 Å². The van der Waals surface area contributed by atoms with E-state index >= 15 is 0 Å². The normalized spacial score (nSPS) is 10.1. The lowest BCUT2D eigenvalue weighted by Crippen LogP contribution is -2.12. The first-order valence-corrected chi connectivity index (χ1v) is 7.56. The monoisotopic (exact) mass is 334 g/mol. The average molecular weight is 334 g/mol. The Balaban J connectivity index is 2.03. The van der Waals surface area contributed by atoms with Crippen LogP contribution in [0.5, 0.6) is 0 Å². The second kappa shape index (κ2) is 5.88. The van der Waals surface area contributed by atoms with E-state index in [1.165, 1.54) is 6.07 Å². The number of nitriles is 2. The van der Waals surface area contributed by atoms with Crippen LogP contribution in [0.15, 0.2) is 30.3 Å². The summed E-state index contributed by atoms with van der Waals surface area (Å²) in [6, 6.07) is 12.1. The minimum absolute atomic E-state index is 0.0908. The molecule has 0 bridgehead atoms. The molecule has 1 aromatic carbocycles. The largest absolute Gasteiger partial charge is 0.397 e. The van der Waals surface area contributed by atoms with Gasteiger partial charge in [0.2, 0.25) is 0 Å². The van der Waals surface area contributed by atoms with E-state index in [0.717, 1.165) is 11.3 Å². The van der Waals surface area contributed by atoms with Crippen molar-refractivity contribution in [3.8, 4) is 12.1 Å². The summed E-state index contributed by atoms with van der Waals surface area (Å²) in [5.41, 5.74) is 12.9. The standard InChI is InChI=1S/C16H10N6OS/c17-6-8-3-1-2-4-11(8)21-15(23)13-12(19)10-5-9(7-18)14(20)22-16(10)24-13/h1-5H,19H2,(H2,20,22)(H,21,23). The van der Waals surface area contributed by atoms with Crippen molar-refractivity contribution in [2.75, 3.05) is 16.8 Å².